The summed E-state index contributed by atoms with van der Waals surface area (Å²) in [6.07, 6.45) is 2.89. The number of nitrogen functional groups attached to an aromatic ring is 1. The number of nitrogens with two attached hydrogens (primary N) is 1. The number of pyridine rings is 1. The fraction of sp³-hybridized carbons (Fsp3) is 0. The highest BCUT2D eigenvalue weighted by molar-refractivity contribution is 6.31. The Morgan fingerprint density at radius 2 is 2.00 bits per heavy atom. The number of rotatable bonds is 3. The van der Waals surface area contributed by atoms with Gasteiger partial charge in [0.25, 0.3) is 0 Å². The van der Waals surface area contributed by atoms with E-state index in [0.717, 1.165) is 22.0 Å². The highest BCUT2D eigenvalue weighted by Gasteiger charge is 2.06. The third-order valence-electron chi connectivity index (χ3n) is 3.46. The zero-order valence-corrected chi connectivity index (χ0v) is 13.0. The lowest BCUT2D eigenvalue weighted by atomic mass is 10.0. The first-order valence-electron chi connectivity index (χ1n) is 6.95. The van der Waals surface area contributed by atoms with E-state index in [0.29, 0.717) is 16.4 Å². The van der Waals surface area contributed by atoms with E-state index in [-0.39, 0.29) is 5.91 Å². The Balaban J connectivity index is 2.07. The van der Waals surface area contributed by atoms with Gasteiger partial charge in [-0.05, 0) is 47.5 Å². The summed E-state index contributed by atoms with van der Waals surface area (Å²) in [6, 6.07) is 12.9. The molecule has 1 amide bonds. The molecule has 5 heteroatoms. The van der Waals surface area contributed by atoms with E-state index in [4.69, 9.17) is 17.3 Å². The largest absolute Gasteiger partial charge is 0.398 e. The van der Waals surface area contributed by atoms with Crippen LogP contribution in [0.25, 0.3) is 22.0 Å². The molecule has 0 aliphatic carbocycles. The number of fused-ring (bicyclic) bond motifs is 1. The smallest absolute Gasteiger partial charge is 0.247 e. The molecule has 0 spiro atoms. The molecule has 3 N–H and O–H groups in total. The lowest BCUT2D eigenvalue weighted by Crippen LogP contribution is -2.07. The summed E-state index contributed by atoms with van der Waals surface area (Å²) in [6.45, 7) is 3.44. The van der Waals surface area contributed by atoms with E-state index in [9.17, 15) is 4.79 Å². The van der Waals surface area contributed by atoms with Crippen LogP contribution in [0.2, 0.25) is 5.02 Å². The van der Waals surface area contributed by atoms with Crippen LogP contribution in [0.1, 0.15) is 0 Å². The van der Waals surface area contributed by atoms with E-state index in [1.165, 1.54) is 6.08 Å². The van der Waals surface area contributed by atoms with Gasteiger partial charge in [0.1, 0.15) is 0 Å². The quantitative estimate of drug-likeness (QED) is 0.707. The number of hydrogen-bond acceptors (Lipinski definition) is 3. The van der Waals surface area contributed by atoms with Gasteiger partial charge in [0.2, 0.25) is 5.91 Å². The predicted molar refractivity (Wildman–Crippen MR) is 95.4 cm³/mol. The van der Waals surface area contributed by atoms with Gasteiger partial charge < -0.3 is 11.1 Å². The van der Waals surface area contributed by atoms with Crippen molar-refractivity contribution in [3.63, 3.8) is 0 Å². The lowest BCUT2D eigenvalue weighted by Gasteiger charge is -2.09. The maximum atomic E-state index is 11.5. The van der Waals surface area contributed by atoms with Gasteiger partial charge >= 0.3 is 0 Å². The van der Waals surface area contributed by atoms with Crippen LogP contribution in [0.3, 0.4) is 0 Å². The standard InChI is InChI=1S/C18H14ClN3O/c1-2-18(23)22-14-8-12(7-13(19)10-14)11-3-4-15-16(20)5-6-21-17(15)9-11/h2-10H,1H2,(H2,20,21)(H,22,23). The molecular formula is C18H14ClN3O. The van der Waals surface area contributed by atoms with Crippen molar-refractivity contribution in [3.05, 3.63) is 66.3 Å². The molecule has 4 nitrogen and oxygen atoms in total. The Morgan fingerprint density at radius 1 is 1.17 bits per heavy atom. The number of hydrogen-bond donors (Lipinski definition) is 2. The van der Waals surface area contributed by atoms with Gasteiger partial charge in [-0.15, -0.1) is 0 Å². The normalized spacial score (nSPS) is 10.5. The van der Waals surface area contributed by atoms with Gasteiger partial charge in [-0.2, -0.15) is 0 Å². The fourth-order valence-electron chi connectivity index (χ4n) is 2.37. The van der Waals surface area contributed by atoms with Crippen LogP contribution in [-0.4, -0.2) is 10.9 Å². The molecule has 0 saturated carbocycles. The Hall–Kier alpha value is -2.85. The molecule has 3 rings (SSSR count). The topological polar surface area (TPSA) is 68.0 Å². The SMILES string of the molecule is C=CC(=O)Nc1cc(Cl)cc(-c2ccc3c(N)ccnc3c2)c1. The van der Waals surface area contributed by atoms with E-state index < -0.39 is 0 Å². The summed E-state index contributed by atoms with van der Waals surface area (Å²) in [5.74, 6) is -0.286. The van der Waals surface area contributed by atoms with Crippen molar-refractivity contribution in [1.82, 2.24) is 4.98 Å². The molecule has 0 bridgehead atoms. The number of nitrogens with one attached hydrogen (secondary N) is 1. The Bertz CT molecular complexity index is 921. The second kappa shape index (κ2) is 6.10. The minimum atomic E-state index is -0.286. The van der Waals surface area contributed by atoms with Crippen molar-refractivity contribution in [1.29, 1.82) is 0 Å². The van der Waals surface area contributed by atoms with Crippen molar-refractivity contribution in [2.45, 2.75) is 0 Å². The summed E-state index contributed by atoms with van der Waals surface area (Å²) >= 11 is 6.16. The van der Waals surface area contributed by atoms with Crippen LogP contribution in [0, 0.1) is 0 Å². The van der Waals surface area contributed by atoms with Crippen LogP contribution < -0.4 is 11.1 Å². The van der Waals surface area contributed by atoms with E-state index in [2.05, 4.69) is 16.9 Å². The van der Waals surface area contributed by atoms with Gasteiger partial charge in [0.05, 0.1) is 5.52 Å². The van der Waals surface area contributed by atoms with Crippen LogP contribution in [0.4, 0.5) is 11.4 Å². The molecule has 0 unspecified atom stereocenters. The summed E-state index contributed by atoms with van der Waals surface area (Å²) in [5.41, 5.74) is 9.86. The van der Waals surface area contributed by atoms with Gasteiger partial charge in [-0.25, -0.2) is 0 Å². The predicted octanol–water partition coefficient (Wildman–Crippen LogP) is 4.26. The monoisotopic (exact) mass is 323 g/mol. The number of aromatic nitrogens is 1. The average Bonchev–Trinajstić information content (AvgIpc) is 2.54. The van der Waals surface area contributed by atoms with Crippen molar-refractivity contribution < 1.29 is 4.79 Å². The highest BCUT2D eigenvalue weighted by Crippen LogP contribution is 2.30. The highest BCUT2D eigenvalue weighted by atomic mass is 35.5. The number of nitrogens with zero attached hydrogens (tertiary/aromatic N) is 1. The van der Waals surface area contributed by atoms with Gasteiger partial charge in [0.15, 0.2) is 0 Å². The van der Waals surface area contributed by atoms with Crippen LogP contribution in [0.5, 0.6) is 0 Å². The summed E-state index contributed by atoms with van der Waals surface area (Å²) < 4.78 is 0. The van der Waals surface area contributed by atoms with Crippen LogP contribution >= 0.6 is 11.6 Å². The second-order valence-electron chi connectivity index (χ2n) is 5.05. The zero-order chi connectivity index (χ0) is 16.4. The second-order valence-corrected chi connectivity index (χ2v) is 5.49. The molecule has 2 aromatic carbocycles. The molecule has 0 atom stereocenters. The number of carbonyl (C=O) groups excluding carboxylic acids is 1. The Kier molecular flexibility index (Phi) is 4.00. The molecule has 23 heavy (non-hydrogen) atoms. The number of halogens is 1. The van der Waals surface area contributed by atoms with Gasteiger partial charge in [-0.1, -0.05) is 30.3 Å². The molecule has 3 aromatic rings. The lowest BCUT2D eigenvalue weighted by molar-refractivity contribution is -0.111. The maximum absolute atomic E-state index is 11.5. The van der Waals surface area contributed by atoms with Gasteiger partial charge in [-0.3, -0.25) is 9.78 Å². The Morgan fingerprint density at radius 3 is 2.78 bits per heavy atom. The minimum absolute atomic E-state index is 0.286. The molecule has 114 valence electrons. The Labute approximate surface area is 138 Å². The first-order valence-corrected chi connectivity index (χ1v) is 7.33. The molecular weight excluding hydrogens is 310 g/mol. The molecule has 0 saturated heterocycles. The summed E-state index contributed by atoms with van der Waals surface area (Å²) in [7, 11) is 0. The molecule has 0 fully saturated rings. The van der Waals surface area contributed by atoms with E-state index in [1.54, 1.807) is 18.3 Å². The minimum Gasteiger partial charge on any atom is -0.398 e. The van der Waals surface area contributed by atoms with E-state index >= 15 is 0 Å². The van der Waals surface area contributed by atoms with Crippen molar-refractivity contribution in [3.8, 4) is 11.1 Å². The van der Waals surface area contributed by atoms with Crippen molar-refractivity contribution in [2.24, 2.45) is 0 Å². The molecule has 1 heterocycles. The number of amides is 1. The number of anilines is 2. The number of carbonyl (C=O) groups is 1. The third-order valence-corrected chi connectivity index (χ3v) is 3.68. The summed E-state index contributed by atoms with van der Waals surface area (Å²) in [5, 5.41) is 4.14. The third kappa shape index (κ3) is 3.17. The molecule has 0 aliphatic heterocycles. The number of benzene rings is 2. The molecule has 1 aromatic heterocycles. The van der Waals surface area contributed by atoms with Crippen molar-refractivity contribution in [2.75, 3.05) is 11.1 Å². The first-order chi connectivity index (χ1) is 11.1. The zero-order valence-electron chi connectivity index (χ0n) is 12.2. The molecule has 0 radical (unpaired) electrons. The maximum Gasteiger partial charge on any atom is 0.247 e. The van der Waals surface area contributed by atoms with Crippen molar-refractivity contribution >= 4 is 39.8 Å². The first kappa shape index (κ1) is 15.1. The van der Waals surface area contributed by atoms with Crippen LogP contribution in [0.15, 0.2) is 61.3 Å². The average molecular weight is 324 g/mol. The van der Waals surface area contributed by atoms with Crippen LogP contribution in [-0.2, 0) is 4.79 Å². The fourth-order valence-corrected chi connectivity index (χ4v) is 2.61. The summed E-state index contributed by atoms with van der Waals surface area (Å²) in [4.78, 5) is 15.8. The van der Waals surface area contributed by atoms with Gasteiger partial charge in [0, 0.05) is 28.0 Å². The van der Waals surface area contributed by atoms with E-state index in [1.807, 2.05) is 30.3 Å². The molecule has 0 aliphatic rings.